The Hall–Kier alpha value is -2.27. The number of furan rings is 1. The molecule has 102 valence electrons. The van der Waals surface area contributed by atoms with Crippen LogP contribution in [0.2, 0.25) is 0 Å². The van der Waals surface area contributed by atoms with Gasteiger partial charge in [-0.1, -0.05) is 12.1 Å². The van der Waals surface area contributed by atoms with Gasteiger partial charge in [-0.3, -0.25) is 4.98 Å². The van der Waals surface area contributed by atoms with Gasteiger partial charge in [0.15, 0.2) is 11.4 Å². The van der Waals surface area contributed by atoms with Crippen molar-refractivity contribution in [3.8, 4) is 0 Å². The summed E-state index contributed by atoms with van der Waals surface area (Å²) in [6, 6.07) is 7.47. The number of halogens is 2. The molecule has 2 aromatic heterocycles. The highest BCUT2D eigenvalue weighted by molar-refractivity contribution is 5.78. The molecule has 0 bridgehead atoms. The van der Waals surface area contributed by atoms with E-state index in [4.69, 9.17) is 4.42 Å². The van der Waals surface area contributed by atoms with E-state index in [2.05, 4.69) is 10.3 Å². The van der Waals surface area contributed by atoms with Crippen molar-refractivity contribution in [1.29, 1.82) is 0 Å². The Morgan fingerprint density at radius 3 is 2.75 bits per heavy atom. The smallest absolute Gasteiger partial charge is 0.169 e. The summed E-state index contributed by atoms with van der Waals surface area (Å²) < 4.78 is 33.0. The van der Waals surface area contributed by atoms with Crippen LogP contribution in [0.15, 0.2) is 47.1 Å². The molecule has 0 saturated heterocycles. The average Bonchev–Trinajstić information content (AvgIpc) is 2.87. The van der Waals surface area contributed by atoms with E-state index in [0.717, 1.165) is 6.20 Å². The van der Waals surface area contributed by atoms with Gasteiger partial charge in [0, 0.05) is 17.1 Å². The average molecular weight is 274 g/mol. The van der Waals surface area contributed by atoms with Crippen LogP contribution in [0.4, 0.5) is 8.78 Å². The lowest BCUT2D eigenvalue weighted by Crippen LogP contribution is -2.18. The van der Waals surface area contributed by atoms with Gasteiger partial charge in [0.1, 0.15) is 11.6 Å². The number of aromatic nitrogens is 1. The number of rotatable bonds is 3. The van der Waals surface area contributed by atoms with E-state index in [1.54, 1.807) is 31.3 Å². The number of hydrogen-bond donors (Lipinski definition) is 1. The third-order valence-electron chi connectivity index (χ3n) is 3.20. The van der Waals surface area contributed by atoms with Crippen LogP contribution in [-0.2, 0) is 0 Å². The Bertz CT molecular complexity index is 754. The zero-order valence-corrected chi connectivity index (χ0v) is 10.7. The second-order valence-electron chi connectivity index (χ2n) is 4.43. The van der Waals surface area contributed by atoms with Crippen LogP contribution in [-0.4, -0.2) is 12.0 Å². The summed E-state index contributed by atoms with van der Waals surface area (Å²) in [6.45, 7) is 0. The summed E-state index contributed by atoms with van der Waals surface area (Å²) in [5, 5.41) is 3.62. The van der Waals surface area contributed by atoms with E-state index in [9.17, 15) is 8.78 Å². The fourth-order valence-corrected chi connectivity index (χ4v) is 2.26. The maximum atomic E-state index is 13.8. The van der Waals surface area contributed by atoms with Crippen molar-refractivity contribution >= 4 is 11.0 Å². The first kappa shape index (κ1) is 12.7. The molecular formula is C15H12F2N2O. The van der Waals surface area contributed by atoms with E-state index < -0.39 is 17.7 Å². The Morgan fingerprint density at radius 2 is 2.05 bits per heavy atom. The standard InChI is InChI=1S/C15H12F2N2O/c1-18-14(10-5-6-19-8-12(10)17)13-7-9-3-2-4-11(16)15(9)20-13/h2-8,14,18H,1H3. The van der Waals surface area contributed by atoms with Crippen LogP contribution in [0.25, 0.3) is 11.0 Å². The Kier molecular flexibility index (Phi) is 3.20. The summed E-state index contributed by atoms with van der Waals surface area (Å²) in [5.74, 6) is -0.413. The van der Waals surface area contributed by atoms with Crippen LogP contribution in [0, 0.1) is 11.6 Å². The largest absolute Gasteiger partial charge is 0.456 e. The van der Waals surface area contributed by atoms with Gasteiger partial charge < -0.3 is 9.73 Å². The predicted molar refractivity (Wildman–Crippen MR) is 71.3 cm³/mol. The highest BCUT2D eigenvalue weighted by atomic mass is 19.1. The molecule has 0 fully saturated rings. The number of para-hydroxylation sites is 1. The quantitative estimate of drug-likeness (QED) is 0.795. The number of nitrogens with zero attached hydrogens (tertiary/aromatic N) is 1. The van der Waals surface area contributed by atoms with Gasteiger partial charge in [-0.05, 0) is 25.2 Å². The van der Waals surface area contributed by atoms with Crippen LogP contribution >= 0.6 is 0 Å². The number of benzene rings is 1. The zero-order chi connectivity index (χ0) is 14.1. The molecule has 1 unspecified atom stereocenters. The lowest BCUT2D eigenvalue weighted by atomic mass is 10.1. The minimum absolute atomic E-state index is 0.178. The van der Waals surface area contributed by atoms with Crippen molar-refractivity contribution in [2.45, 2.75) is 6.04 Å². The molecule has 3 aromatic rings. The van der Waals surface area contributed by atoms with Gasteiger partial charge >= 0.3 is 0 Å². The lowest BCUT2D eigenvalue weighted by molar-refractivity contribution is 0.464. The summed E-state index contributed by atoms with van der Waals surface area (Å²) in [5.41, 5.74) is 0.583. The molecule has 0 aliphatic rings. The van der Waals surface area contributed by atoms with Crippen LogP contribution in [0.3, 0.4) is 0 Å². The van der Waals surface area contributed by atoms with Crippen LogP contribution < -0.4 is 5.32 Å². The van der Waals surface area contributed by atoms with E-state index in [1.807, 2.05) is 0 Å². The summed E-state index contributed by atoms with van der Waals surface area (Å²) >= 11 is 0. The number of fused-ring (bicyclic) bond motifs is 1. The van der Waals surface area contributed by atoms with Crippen LogP contribution in [0.5, 0.6) is 0 Å². The third-order valence-corrected chi connectivity index (χ3v) is 3.20. The highest BCUT2D eigenvalue weighted by Crippen LogP contribution is 2.30. The summed E-state index contributed by atoms with van der Waals surface area (Å²) in [4.78, 5) is 3.72. The number of pyridine rings is 1. The SMILES string of the molecule is CNC(c1cc2cccc(F)c2o1)c1ccncc1F. The van der Waals surface area contributed by atoms with Crippen molar-refractivity contribution in [2.75, 3.05) is 7.05 Å². The van der Waals surface area contributed by atoms with E-state index in [0.29, 0.717) is 16.7 Å². The first-order chi connectivity index (χ1) is 9.70. The zero-order valence-electron chi connectivity index (χ0n) is 10.7. The molecule has 3 nitrogen and oxygen atoms in total. The molecule has 1 aromatic carbocycles. The lowest BCUT2D eigenvalue weighted by Gasteiger charge is -2.14. The molecule has 3 rings (SSSR count). The van der Waals surface area contributed by atoms with Crippen molar-refractivity contribution in [3.05, 3.63) is 65.7 Å². The van der Waals surface area contributed by atoms with E-state index in [1.165, 1.54) is 12.3 Å². The number of hydrogen-bond acceptors (Lipinski definition) is 3. The van der Waals surface area contributed by atoms with Gasteiger partial charge in [0.05, 0.1) is 12.2 Å². The van der Waals surface area contributed by atoms with E-state index >= 15 is 0 Å². The number of nitrogens with one attached hydrogen (secondary N) is 1. The molecule has 0 aliphatic carbocycles. The van der Waals surface area contributed by atoms with Crippen molar-refractivity contribution in [3.63, 3.8) is 0 Å². The topological polar surface area (TPSA) is 38.1 Å². The molecule has 20 heavy (non-hydrogen) atoms. The van der Waals surface area contributed by atoms with Crippen LogP contribution in [0.1, 0.15) is 17.4 Å². The van der Waals surface area contributed by atoms with Gasteiger partial charge in [-0.15, -0.1) is 0 Å². The normalized spacial score (nSPS) is 12.8. The van der Waals surface area contributed by atoms with Crippen molar-refractivity contribution in [2.24, 2.45) is 0 Å². The third kappa shape index (κ3) is 2.06. The molecule has 0 saturated carbocycles. The molecule has 0 radical (unpaired) electrons. The van der Waals surface area contributed by atoms with Gasteiger partial charge in [0.25, 0.3) is 0 Å². The molecule has 5 heteroatoms. The highest BCUT2D eigenvalue weighted by Gasteiger charge is 2.20. The van der Waals surface area contributed by atoms with Gasteiger partial charge in [-0.2, -0.15) is 0 Å². The summed E-state index contributed by atoms with van der Waals surface area (Å²) in [7, 11) is 1.69. The molecular weight excluding hydrogens is 262 g/mol. The molecule has 1 atom stereocenters. The first-order valence-corrected chi connectivity index (χ1v) is 6.15. The maximum Gasteiger partial charge on any atom is 0.169 e. The van der Waals surface area contributed by atoms with Gasteiger partial charge in [0.2, 0.25) is 0 Å². The molecule has 0 aliphatic heterocycles. The molecule has 2 heterocycles. The van der Waals surface area contributed by atoms with Crippen molar-refractivity contribution in [1.82, 2.24) is 10.3 Å². The Balaban J connectivity index is 2.12. The predicted octanol–water partition coefficient (Wildman–Crippen LogP) is 3.41. The fourth-order valence-electron chi connectivity index (χ4n) is 2.26. The first-order valence-electron chi connectivity index (χ1n) is 6.15. The minimum Gasteiger partial charge on any atom is -0.456 e. The molecule has 1 N–H and O–H groups in total. The minimum atomic E-state index is -0.496. The Labute approximate surface area is 114 Å². The second-order valence-corrected chi connectivity index (χ2v) is 4.43. The Morgan fingerprint density at radius 1 is 1.20 bits per heavy atom. The molecule has 0 amide bonds. The molecule has 0 spiro atoms. The van der Waals surface area contributed by atoms with Gasteiger partial charge in [-0.25, -0.2) is 8.78 Å². The maximum absolute atomic E-state index is 13.8. The fraction of sp³-hybridized carbons (Fsp3) is 0.133. The van der Waals surface area contributed by atoms with E-state index in [-0.39, 0.29) is 5.58 Å². The summed E-state index contributed by atoms with van der Waals surface area (Å²) in [6.07, 6.45) is 2.65. The van der Waals surface area contributed by atoms with Crippen molar-refractivity contribution < 1.29 is 13.2 Å². The second kappa shape index (κ2) is 5.02. The monoisotopic (exact) mass is 274 g/mol.